The standard InChI is InChI=1S/C17H22BrNO/c1-4-19-15(16-9-10-17(18)20-16)11-13-5-7-14(8-6-13)12(2)3/h5-10,12,15,19H,4,11H2,1-3H3. The van der Waals surface area contributed by atoms with E-state index < -0.39 is 0 Å². The predicted octanol–water partition coefficient (Wildman–Crippen LogP) is 5.06. The van der Waals surface area contributed by atoms with Crippen molar-refractivity contribution in [1.29, 1.82) is 0 Å². The summed E-state index contributed by atoms with van der Waals surface area (Å²) in [6, 6.07) is 13.1. The zero-order valence-electron chi connectivity index (χ0n) is 12.3. The van der Waals surface area contributed by atoms with Crippen molar-refractivity contribution < 1.29 is 4.42 Å². The van der Waals surface area contributed by atoms with Gasteiger partial charge in [0.25, 0.3) is 0 Å². The van der Waals surface area contributed by atoms with Gasteiger partial charge in [0, 0.05) is 0 Å². The molecule has 1 atom stereocenters. The van der Waals surface area contributed by atoms with E-state index in [1.54, 1.807) is 0 Å². The minimum Gasteiger partial charge on any atom is -0.453 e. The summed E-state index contributed by atoms with van der Waals surface area (Å²) >= 11 is 3.37. The summed E-state index contributed by atoms with van der Waals surface area (Å²) in [6.45, 7) is 7.48. The lowest BCUT2D eigenvalue weighted by Crippen LogP contribution is -2.22. The van der Waals surface area contributed by atoms with Gasteiger partial charge >= 0.3 is 0 Å². The van der Waals surface area contributed by atoms with Gasteiger partial charge in [0.05, 0.1) is 6.04 Å². The smallest absolute Gasteiger partial charge is 0.169 e. The fourth-order valence-electron chi connectivity index (χ4n) is 2.31. The number of furan rings is 1. The van der Waals surface area contributed by atoms with E-state index in [0.717, 1.165) is 23.4 Å². The monoisotopic (exact) mass is 335 g/mol. The molecule has 0 spiro atoms. The van der Waals surface area contributed by atoms with Crippen molar-refractivity contribution in [2.75, 3.05) is 6.54 Å². The lowest BCUT2D eigenvalue weighted by molar-refractivity contribution is 0.405. The SMILES string of the molecule is CCNC(Cc1ccc(C(C)C)cc1)c1ccc(Br)o1. The van der Waals surface area contributed by atoms with Crippen LogP contribution in [-0.4, -0.2) is 6.54 Å². The summed E-state index contributed by atoms with van der Waals surface area (Å²) < 4.78 is 6.47. The van der Waals surface area contributed by atoms with Gasteiger partial charge in [0.15, 0.2) is 4.67 Å². The molecular weight excluding hydrogens is 314 g/mol. The Bertz CT molecular complexity index is 530. The zero-order chi connectivity index (χ0) is 14.5. The number of rotatable bonds is 6. The highest BCUT2D eigenvalue weighted by molar-refractivity contribution is 9.10. The van der Waals surface area contributed by atoms with Gasteiger partial charge in [0.1, 0.15) is 5.76 Å². The number of nitrogens with one attached hydrogen (secondary N) is 1. The highest BCUT2D eigenvalue weighted by atomic mass is 79.9. The second-order valence-corrected chi connectivity index (χ2v) is 6.13. The van der Waals surface area contributed by atoms with Crippen molar-refractivity contribution in [2.45, 2.75) is 39.2 Å². The molecule has 0 aliphatic heterocycles. The van der Waals surface area contributed by atoms with Gasteiger partial charge in [-0.05, 0) is 58.1 Å². The van der Waals surface area contributed by atoms with Crippen LogP contribution < -0.4 is 5.32 Å². The van der Waals surface area contributed by atoms with Crippen LogP contribution in [-0.2, 0) is 6.42 Å². The number of halogens is 1. The molecule has 0 fully saturated rings. The van der Waals surface area contributed by atoms with Crippen molar-refractivity contribution in [1.82, 2.24) is 5.32 Å². The Kier molecular flexibility index (Phi) is 5.44. The van der Waals surface area contributed by atoms with E-state index in [1.807, 2.05) is 12.1 Å². The molecule has 0 saturated heterocycles. The molecule has 1 heterocycles. The summed E-state index contributed by atoms with van der Waals surface area (Å²) in [7, 11) is 0. The second kappa shape index (κ2) is 7.09. The van der Waals surface area contributed by atoms with Crippen molar-refractivity contribution >= 4 is 15.9 Å². The molecule has 2 nitrogen and oxygen atoms in total. The lowest BCUT2D eigenvalue weighted by Gasteiger charge is -2.16. The molecule has 2 rings (SSSR count). The number of benzene rings is 1. The van der Waals surface area contributed by atoms with Crippen molar-refractivity contribution in [3.05, 3.63) is 58.0 Å². The number of hydrogen-bond donors (Lipinski definition) is 1. The molecule has 1 aromatic carbocycles. The Hall–Kier alpha value is -1.06. The van der Waals surface area contributed by atoms with E-state index in [-0.39, 0.29) is 6.04 Å². The normalized spacial score (nSPS) is 12.8. The van der Waals surface area contributed by atoms with Gasteiger partial charge in [-0.25, -0.2) is 0 Å². The first-order valence-corrected chi connectivity index (χ1v) is 7.97. The van der Waals surface area contributed by atoms with Crippen LogP contribution in [0.1, 0.15) is 49.6 Å². The fourth-order valence-corrected chi connectivity index (χ4v) is 2.63. The van der Waals surface area contributed by atoms with E-state index >= 15 is 0 Å². The molecule has 1 N–H and O–H groups in total. The van der Waals surface area contributed by atoms with Gasteiger partial charge in [-0.2, -0.15) is 0 Å². The Morgan fingerprint density at radius 2 is 1.80 bits per heavy atom. The van der Waals surface area contributed by atoms with E-state index in [0.29, 0.717) is 5.92 Å². The molecule has 2 aromatic rings. The predicted molar refractivity (Wildman–Crippen MR) is 87.1 cm³/mol. The topological polar surface area (TPSA) is 25.2 Å². The third-order valence-electron chi connectivity index (χ3n) is 3.47. The average molecular weight is 336 g/mol. The average Bonchev–Trinajstić information content (AvgIpc) is 2.85. The third-order valence-corrected chi connectivity index (χ3v) is 3.90. The molecule has 0 aliphatic rings. The maximum absolute atomic E-state index is 5.69. The number of hydrogen-bond acceptors (Lipinski definition) is 2. The Balaban J connectivity index is 2.11. The largest absolute Gasteiger partial charge is 0.453 e. The summed E-state index contributed by atoms with van der Waals surface area (Å²) in [5.41, 5.74) is 2.71. The van der Waals surface area contributed by atoms with Gasteiger partial charge in [-0.1, -0.05) is 45.0 Å². The van der Waals surface area contributed by atoms with Crippen molar-refractivity contribution in [3.8, 4) is 0 Å². The highest BCUT2D eigenvalue weighted by Gasteiger charge is 2.15. The highest BCUT2D eigenvalue weighted by Crippen LogP contribution is 2.24. The first kappa shape index (κ1) is 15.3. The minimum atomic E-state index is 0.219. The van der Waals surface area contributed by atoms with Crippen LogP contribution in [0.4, 0.5) is 0 Å². The molecule has 3 heteroatoms. The molecule has 0 radical (unpaired) electrons. The van der Waals surface area contributed by atoms with Crippen LogP contribution in [0.15, 0.2) is 45.5 Å². The quantitative estimate of drug-likeness (QED) is 0.798. The van der Waals surface area contributed by atoms with Crippen LogP contribution >= 0.6 is 15.9 Å². The van der Waals surface area contributed by atoms with E-state index in [9.17, 15) is 0 Å². The van der Waals surface area contributed by atoms with Crippen LogP contribution in [0.3, 0.4) is 0 Å². The molecule has 1 unspecified atom stereocenters. The summed E-state index contributed by atoms with van der Waals surface area (Å²) in [6.07, 6.45) is 0.937. The molecular formula is C17H22BrNO. The first-order valence-electron chi connectivity index (χ1n) is 7.17. The fraction of sp³-hybridized carbons (Fsp3) is 0.412. The Morgan fingerprint density at radius 3 is 2.30 bits per heavy atom. The maximum Gasteiger partial charge on any atom is 0.169 e. The van der Waals surface area contributed by atoms with Gasteiger partial charge < -0.3 is 9.73 Å². The molecule has 0 saturated carbocycles. The first-order chi connectivity index (χ1) is 9.60. The van der Waals surface area contributed by atoms with Crippen LogP contribution in [0.2, 0.25) is 0 Å². The Morgan fingerprint density at radius 1 is 1.10 bits per heavy atom. The van der Waals surface area contributed by atoms with Crippen molar-refractivity contribution in [3.63, 3.8) is 0 Å². The van der Waals surface area contributed by atoms with Crippen LogP contribution in [0.5, 0.6) is 0 Å². The maximum atomic E-state index is 5.69. The van der Waals surface area contributed by atoms with Crippen LogP contribution in [0.25, 0.3) is 0 Å². The summed E-state index contributed by atoms with van der Waals surface area (Å²) in [5, 5.41) is 3.48. The molecule has 0 amide bonds. The summed E-state index contributed by atoms with van der Waals surface area (Å²) in [4.78, 5) is 0. The summed E-state index contributed by atoms with van der Waals surface area (Å²) in [5.74, 6) is 1.56. The number of likely N-dealkylation sites (N-methyl/N-ethyl adjacent to an activating group) is 1. The molecule has 108 valence electrons. The van der Waals surface area contributed by atoms with Crippen molar-refractivity contribution in [2.24, 2.45) is 0 Å². The van der Waals surface area contributed by atoms with E-state index in [1.165, 1.54) is 11.1 Å². The van der Waals surface area contributed by atoms with Gasteiger partial charge in [-0.3, -0.25) is 0 Å². The third kappa shape index (κ3) is 3.97. The molecule has 0 bridgehead atoms. The van der Waals surface area contributed by atoms with Gasteiger partial charge in [-0.15, -0.1) is 0 Å². The second-order valence-electron chi connectivity index (χ2n) is 5.35. The Labute approximate surface area is 129 Å². The zero-order valence-corrected chi connectivity index (χ0v) is 13.9. The minimum absolute atomic E-state index is 0.219. The molecule has 0 aliphatic carbocycles. The van der Waals surface area contributed by atoms with E-state index in [2.05, 4.69) is 66.3 Å². The van der Waals surface area contributed by atoms with Crippen LogP contribution in [0, 0.1) is 0 Å². The molecule has 1 aromatic heterocycles. The van der Waals surface area contributed by atoms with Gasteiger partial charge in [0.2, 0.25) is 0 Å². The van der Waals surface area contributed by atoms with E-state index in [4.69, 9.17) is 4.42 Å². The lowest BCUT2D eigenvalue weighted by atomic mass is 9.98. The molecule has 20 heavy (non-hydrogen) atoms.